The zero-order valence-corrected chi connectivity index (χ0v) is 18.1. The molecule has 0 bridgehead atoms. The number of nitrogens with two attached hydrogens (primary N) is 1. The Hall–Kier alpha value is -2.82. The molecule has 0 aliphatic carbocycles. The van der Waals surface area contributed by atoms with E-state index in [1.165, 1.54) is 0 Å². The molecule has 10 heteroatoms. The van der Waals surface area contributed by atoms with Gasteiger partial charge in [-0.2, -0.15) is 0 Å². The van der Waals surface area contributed by atoms with Gasteiger partial charge in [0, 0.05) is 69.6 Å². The van der Waals surface area contributed by atoms with Crippen molar-refractivity contribution in [3.8, 4) is 11.3 Å². The molecule has 2 aliphatic heterocycles. The molecule has 3 aromatic heterocycles. The van der Waals surface area contributed by atoms with Crippen LogP contribution in [0, 0.1) is 0 Å². The minimum absolute atomic E-state index is 0.180. The molecule has 10 nitrogen and oxygen atoms in total. The number of aromatic nitrogens is 5. The van der Waals surface area contributed by atoms with Crippen molar-refractivity contribution < 1.29 is 4.74 Å². The molecule has 0 atom stereocenters. The third-order valence-corrected chi connectivity index (χ3v) is 6.23. The Balaban J connectivity index is 1.61. The molecule has 0 unspecified atom stereocenters. The van der Waals surface area contributed by atoms with E-state index in [0.29, 0.717) is 13.2 Å². The fourth-order valence-electron chi connectivity index (χ4n) is 4.26. The monoisotopic (exact) mass is 423 g/mol. The van der Waals surface area contributed by atoms with Crippen molar-refractivity contribution in [1.29, 1.82) is 0 Å². The second-order valence-electron chi connectivity index (χ2n) is 8.53. The first-order chi connectivity index (χ1) is 15.0. The average Bonchev–Trinajstić information content (AvgIpc) is 3.25. The van der Waals surface area contributed by atoms with E-state index >= 15 is 0 Å². The number of nitrogens with one attached hydrogen (secondary N) is 1. The summed E-state index contributed by atoms with van der Waals surface area (Å²) in [4.78, 5) is 23.1. The minimum Gasteiger partial charge on any atom is -0.378 e. The van der Waals surface area contributed by atoms with Gasteiger partial charge >= 0.3 is 0 Å². The highest BCUT2D eigenvalue weighted by Gasteiger charge is 2.33. The first-order valence-electron chi connectivity index (χ1n) is 10.8. The summed E-state index contributed by atoms with van der Waals surface area (Å²) in [5.41, 5.74) is 9.01. The predicted molar refractivity (Wildman–Crippen MR) is 119 cm³/mol. The number of hydrogen-bond acceptors (Lipinski definition) is 9. The molecule has 164 valence electrons. The molecule has 2 fully saturated rings. The van der Waals surface area contributed by atoms with Crippen LogP contribution in [0.1, 0.15) is 19.5 Å². The quantitative estimate of drug-likeness (QED) is 0.628. The zero-order chi connectivity index (χ0) is 21.4. The van der Waals surface area contributed by atoms with E-state index < -0.39 is 0 Å². The lowest BCUT2D eigenvalue weighted by Crippen LogP contribution is -2.51. The Morgan fingerprint density at radius 1 is 1.00 bits per heavy atom. The van der Waals surface area contributed by atoms with Crippen LogP contribution in [0.4, 0.5) is 11.8 Å². The molecule has 0 radical (unpaired) electrons. The summed E-state index contributed by atoms with van der Waals surface area (Å²) >= 11 is 0. The third-order valence-electron chi connectivity index (χ3n) is 6.23. The second kappa shape index (κ2) is 8.03. The lowest BCUT2D eigenvalue weighted by atomic mass is 9.98. The number of nitrogens with zero attached hydrogens (tertiary/aromatic N) is 7. The number of morpholine rings is 1. The largest absolute Gasteiger partial charge is 0.378 e. The van der Waals surface area contributed by atoms with Gasteiger partial charge in [0.05, 0.1) is 30.1 Å². The van der Waals surface area contributed by atoms with Crippen LogP contribution >= 0.6 is 0 Å². The van der Waals surface area contributed by atoms with Crippen LogP contribution in [-0.2, 0) is 10.3 Å². The molecule has 0 aromatic carbocycles. The van der Waals surface area contributed by atoms with E-state index in [1.54, 1.807) is 12.4 Å². The van der Waals surface area contributed by atoms with Gasteiger partial charge in [0.1, 0.15) is 0 Å². The fraction of sp³-hybridized carbons (Fsp3) is 0.524. The molecular weight excluding hydrogens is 394 g/mol. The smallest absolute Gasteiger partial charge is 0.219 e. The van der Waals surface area contributed by atoms with Crippen LogP contribution in [0.5, 0.6) is 0 Å². The molecule has 3 aromatic rings. The summed E-state index contributed by atoms with van der Waals surface area (Å²) in [6, 6.07) is 0. The number of fused-ring (bicyclic) bond motifs is 1. The van der Waals surface area contributed by atoms with Gasteiger partial charge in [0.25, 0.3) is 0 Å². The molecule has 31 heavy (non-hydrogen) atoms. The van der Waals surface area contributed by atoms with E-state index in [0.717, 1.165) is 67.7 Å². The summed E-state index contributed by atoms with van der Waals surface area (Å²) in [6.45, 7) is 11.4. The van der Waals surface area contributed by atoms with Crippen molar-refractivity contribution in [2.75, 3.05) is 63.1 Å². The van der Waals surface area contributed by atoms with E-state index in [1.807, 2.05) is 6.20 Å². The van der Waals surface area contributed by atoms with E-state index in [4.69, 9.17) is 20.4 Å². The normalized spacial score (nSPS) is 18.6. The van der Waals surface area contributed by atoms with Crippen molar-refractivity contribution in [1.82, 2.24) is 34.6 Å². The molecule has 3 N–H and O–H groups in total. The van der Waals surface area contributed by atoms with Gasteiger partial charge in [-0.15, -0.1) is 0 Å². The average molecular weight is 424 g/mol. The Labute approximate surface area is 181 Å². The van der Waals surface area contributed by atoms with Crippen LogP contribution in [0.3, 0.4) is 0 Å². The number of rotatable bonds is 4. The van der Waals surface area contributed by atoms with E-state index in [2.05, 4.69) is 49.5 Å². The predicted octanol–water partition coefficient (Wildman–Crippen LogP) is 0.745. The number of nitrogen functional groups attached to an aromatic ring is 1. The van der Waals surface area contributed by atoms with Crippen LogP contribution in [-0.4, -0.2) is 81.7 Å². The SMILES string of the molecule is CC(C)(c1cn2cc(-c3cnc(N)nc3)nc(N3CCOCC3)c2n1)N1CCNCC1. The highest BCUT2D eigenvalue weighted by molar-refractivity contribution is 5.70. The molecule has 2 aliphatic rings. The second-order valence-corrected chi connectivity index (χ2v) is 8.53. The number of anilines is 2. The third kappa shape index (κ3) is 3.82. The number of ether oxygens (including phenoxy) is 1. The van der Waals surface area contributed by atoms with E-state index in [-0.39, 0.29) is 11.5 Å². The van der Waals surface area contributed by atoms with Gasteiger partial charge in [0.15, 0.2) is 11.5 Å². The van der Waals surface area contributed by atoms with E-state index in [9.17, 15) is 0 Å². The Morgan fingerprint density at radius 3 is 2.42 bits per heavy atom. The number of imidazole rings is 1. The maximum absolute atomic E-state index is 5.68. The lowest BCUT2D eigenvalue weighted by Gasteiger charge is -2.40. The summed E-state index contributed by atoms with van der Waals surface area (Å²) < 4.78 is 7.64. The zero-order valence-electron chi connectivity index (χ0n) is 18.1. The first-order valence-corrected chi connectivity index (χ1v) is 10.8. The lowest BCUT2D eigenvalue weighted by molar-refractivity contribution is 0.0993. The van der Waals surface area contributed by atoms with Gasteiger partial charge in [-0.25, -0.2) is 19.9 Å². The minimum atomic E-state index is -0.180. The maximum atomic E-state index is 5.68. The summed E-state index contributed by atoms with van der Waals surface area (Å²) in [7, 11) is 0. The Bertz CT molecular complexity index is 1050. The van der Waals surface area contributed by atoms with Crippen LogP contribution in [0.25, 0.3) is 16.9 Å². The maximum Gasteiger partial charge on any atom is 0.219 e. The molecule has 5 heterocycles. The van der Waals surface area contributed by atoms with Crippen molar-refractivity contribution in [2.24, 2.45) is 0 Å². The standard InChI is InChI=1S/C21H29N9O/c1-21(2,30-5-3-23-4-6-30)17-14-29-13-16(15-11-24-20(22)25-12-15)26-18(19(29)27-17)28-7-9-31-10-8-28/h11-14,23H,3-10H2,1-2H3,(H2,22,24,25). The summed E-state index contributed by atoms with van der Waals surface area (Å²) in [6.07, 6.45) is 7.55. The molecule has 0 amide bonds. The fourth-order valence-corrected chi connectivity index (χ4v) is 4.26. The highest BCUT2D eigenvalue weighted by atomic mass is 16.5. The first kappa shape index (κ1) is 20.1. The van der Waals surface area contributed by atoms with Gasteiger partial charge in [-0.1, -0.05) is 0 Å². The van der Waals surface area contributed by atoms with Crippen LogP contribution < -0.4 is 16.0 Å². The summed E-state index contributed by atoms with van der Waals surface area (Å²) in [5, 5.41) is 3.43. The molecule has 5 rings (SSSR count). The van der Waals surface area contributed by atoms with Crippen molar-refractivity contribution in [3.63, 3.8) is 0 Å². The molecular formula is C21H29N9O. The molecule has 2 saturated heterocycles. The highest BCUT2D eigenvalue weighted by Crippen LogP contribution is 2.31. The van der Waals surface area contributed by atoms with Crippen LogP contribution in [0.2, 0.25) is 0 Å². The Morgan fingerprint density at radius 2 is 1.71 bits per heavy atom. The van der Waals surface area contributed by atoms with Gasteiger partial charge in [-0.05, 0) is 13.8 Å². The molecule has 0 saturated carbocycles. The van der Waals surface area contributed by atoms with Crippen molar-refractivity contribution >= 4 is 17.4 Å². The van der Waals surface area contributed by atoms with Crippen LogP contribution in [0.15, 0.2) is 24.8 Å². The van der Waals surface area contributed by atoms with Gasteiger partial charge < -0.3 is 25.1 Å². The number of piperazine rings is 1. The van der Waals surface area contributed by atoms with Gasteiger partial charge in [-0.3, -0.25) is 4.90 Å². The topological polar surface area (TPSA) is 110 Å². The summed E-state index contributed by atoms with van der Waals surface area (Å²) in [5.74, 6) is 1.11. The van der Waals surface area contributed by atoms with Gasteiger partial charge in [0.2, 0.25) is 5.95 Å². The Kier molecular flexibility index (Phi) is 5.20. The van der Waals surface area contributed by atoms with Crippen molar-refractivity contribution in [3.05, 3.63) is 30.5 Å². The molecule has 0 spiro atoms. The van der Waals surface area contributed by atoms with Crippen molar-refractivity contribution in [2.45, 2.75) is 19.4 Å². The number of hydrogen-bond donors (Lipinski definition) is 2.